The average molecular weight is 450 g/mol. The van der Waals surface area contributed by atoms with Gasteiger partial charge in [0.25, 0.3) is 0 Å². The van der Waals surface area contributed by atoms with Gasteiger partial charge in [-0.25, -0.2) is 8.78 Å². The van der Waals surface area contributed by atoms with Crippen LogP contribution in [0, 0.1) is 18.6 Å². The van der Waals surface area contributed by atoms with Crippen molar-refractivity contribution in [3.8, 4) is 0 Å². The third-order valence-electron chi connectivity index (χ3n) is 5.43. The van der Waals surface area contributed by atoms with Crippen molar-refractivity contribution in [3.63, 3.8) is 0 Å². The van der Waals surface area contributed by atoms with Crippen LogP contribution in [0.2, 0.25) is 0 Å². The maximum absolute atomic E-state index is 13.8. The van der Waals surface area contributed by atoms with Crippen LogP contribution in [0.25, 0.3) is 0 Å². The molecule has 0 unspecified atom stereocenters. The van der Waals surface area contributed by atoms with Crippen LogP contribution < -0.4 is 10.6 Å². The topological polar surface area (TPSA) is 98.7 Å². The average Bonchev–Trinajstić information content (AvgIpc) is 3.21. The first-order chi connectivity index (χ1) is 15.8. The van der Waals surface area contributed by atoms with Crippen LogP contribution in [-0.4, -0.2) is 28.4 Å². The fourth-order valence-corrected chi connectivity index (χ4v) is 3.78. The summed E-state index contributed by atoms with van der Waals surface area (Å²) in [5.74, 6) is -3.42. The maximum atomic E-state index is 13.8. The van der Waals surface area contributed by atoms with Crippen molar-refractivity contribution in [2.24, 2.45) is 0 Å². The minimum atomic E-state index is -1.21. The lowest BCUT2D eigenvalue weighted by Crippen LogP contribution is -2.22. The molecule has 1 atom stereocenters. The lowest BCUT2D eigenvalue weighted by molar-refractivity contribution is 0.0941. The van der Waals surface area contributed by atoms with Crippen LogP contribution in [0.4, 0.5) is 20.2 Å². The van der Waals surface area contributed by atoms with Gasteiger partial charge in [0, 0.05) is 17.2 Å². The molecule has 0 aliphatic carbocycles. The molecule has 33 heavy (non-hydrogen) atoms. The standard InChI is InChI=1S/C25H20F2N2O4/c1-13-17(21(31)12-30)5-4-6-18(13)24(33)22(23(32)14-9-15(26)11-16(27)10-14)25-28-19-7-2-3-8-20(19)29-25/h2-11,21,28-31H,12H2,1H3/t21-/m0/s1. The van der Waals surface area contributed by atoms with E-state index in [0.29, 0.717) is 28.6 Å². The Bertz CT molecular complexity index is 1260. The first-order valence-electron chi connectivity index (χ1n) is 10.1. The Balaban J connectivity index is 1.87. The number of ketones is 2. The fourth-order valence-electron chi connectivity index (χ4n) is 3.78. The van der Waals surface area contributed by atoms with Crippen molar-refractivity contribution in [1.82, 2.24) is 0 Å². The maximum Gasteiger partial charge on any atom is 0.200 e. The Labute approximate surface area is 188 Å². The monoisotopic (exact) mass is 450 g/mol. The second-order valence-corrected chi connectivity index (χ2v) is 7.58. The van der Waals surface area contributed by atoms with E-state index in [0.717, 1.165) is 12.1 Å². The number of benzene rings is 3. The summed E-state index contributed by atoms with van der Waals surface area (Å²) in [5, 5.41) is 25.4. The predicted octanol–water partition coefficient (Wildman–Crippen LogP) is 4.11. The van der Waals surface area contributed by atoms with Gasteiger partial charge in [0.1, 0.15) is 29.1 Å². The van der Waals surface area contributed by atoms with Gasteiger partial charge in [0.2, 0.25) is 11.6 Å². The molecule has 4 N–H and O–H groups in total. The zero-order chi connectivity index (χ0) is 23.7. The minimum absolute atomic E-state index is 0.0726. The van der Waals surface area contributed by atoms with Crippen molar-refractivity contribution in [3.05, 3.63) is 106 Å². The number of nitrogens with one attached hydrogen (secondary N) is 2. The van der Waals surface area contributed by atoms with Crippen molar-refractivity contribution in [2.45, 2.75) is 13.0 Å². The molecule has 1 aliphatic heterocycles. The molecule has 0 bridgehead atoms. The van der Waals surface area contributed by atoms with E-state index < -0.39 is 35.9 Å². The molecule has 0 saturated carbocycles. The van der Waals surface area contributed by atoms with Crippen LogP contribution in [-0.2, 0) is 0 Å². The van der Waals surface area contributed by atoms with Gasteiger partial charge in [-0.3, -0.25) is 9.59 Å². The van der Waals surface area contributed by atoms with E-state index in [1.807, 2.05) is 0 Å². The molecule has 0 amide bonds. The summed E-state index contributed by atoms with van der Waals surface area (Å²) in [6.45, 7) is 1.03. The zero-order valence-electron chi connectivity index (χ0n) is 17.5. The second kappa shape index (κ2) is 8.93. The molecule has 3 aromatic rings. The molecule has 1 aliphatic rings. The number of hydrogen-bond acceptors (Lipinski definition) is 6. The van der Waals surface area contributed by atoms with Crippen molar-refractivity contribution < 1.29 is 28.6 Å². The van der Waals surface area contributed by atoms with Crippen molar-refractivity contribution in [1.29, 1.82) is 0 Å². The summed E-state index contributed by atoms with van der Waals surface area (Å²) in [5.41, 5.74) is 1.37. The number of anilines is 2. The van der Waals surface area contributed by atoms with Gasteiger partial charge in [-0.1, -0.05) is 30.3 Å². The van der Waals surface area contributed by atoms with E-state index in [9.17, 15) is 28.6 Å². The van der Waals surface area contributed by atoms with Crippen molar-refractivity contribution >= 4 is 22.9 Å². The summed E-state index contributed by atoms with van der Waals surface area (Å²) in [7, 11) is 0. The summed E-state index contributed by atoms with van der Waals surface area (Å²) in [6, 6.07) is 13.9. The summed E-state index contributed by atoms with van der Waals surface area (Å²) < 4.78 is 27.7. The van der Waals surface area contributed by atoms with E-state index >= 15 is 0 Å². The molecule has 0 radical (unpaired) electrons. The molecular weight excluding hydrogens is 430 g/mol. The highest BCUT2D eigenvalue weighted by molar-refractivity contribution is 6.32. The smallest absolute Gasteiger partial charge is 0.200 e. The number of allylic oxidation sites excluding steroid dienone is 1. The number of fused-ring (bicyclic) bond motifs is 1. The predicted molar refractivity (Wildman–Crippen MR) is 119 cm³/mol. The first-order valence-corrected chi connectivity index (χ1v) is 10.1. The lowest BCUT2D eigenvalue weighted by Gasteiger charge is -2.16. The zero-order valence-corrected chi connectivity index (χ0v) is 17.5. The third kappa shape index (κ3) is 4.26. The molecule has 0 spiro atoms. The van der Waals surface area contributed by atoms with Crippen molar-refractivity contribution in [2.75, 3.05) is 17.2 Å². The number of hydrogen-bond donors (Lipinski definition) is 4. The fraction of sp³-hybridized carbons (Fsp3) is 0.120. The minimum Gasteiger partial charge on any atom is -0.393 e. The van der Waals surface area contributed by atoms with Crippen LogP contribution >= 0.6 is 0 Å². The van der Waals surface area contributed by atoms with Gasteiger partial charge < -0.3 is 20.8 Å². The Kier molecular flexibility index (Phi) is 6.04. The molecule has 6 nitrogen and oxygen atoms in total. The number of halogens is 2. The third-order valence-corrected chi connectivity index (χ3v) is 5.43. The molecule has 3 aromatic carbocycles. The largest absolute Gasteiger partial charge is 0.393 e. The number of carbonyl (C=O) groups excluding carboxylic acids is 2. The van der Waals surface area contributed by atoms with Crippen LogP contribution in [0.5, 0.6) is 0 Å². The number of carbonyl (C=O) groups is 2. The highest BCUT2D eigenvalue weighted by Crippen LogP contribution is 2.33. The number of aliphatic hydroxyl groups excluding tert-OH is 2. The lowest BCUT2D eigenvalue weighted by atomic mass is 9.90. The number of para-hydroxylation sites is 2. The second-order valence-electron chi connectivity index (χ2n) is 7.58. The Morgan fingerprint density at radius 1 is 0.909 bits per heavy atom. The van der Waals surface area contributed by atoms with Crippen LogP contribution in [0.15, 0.2) is 72.1 Å². The van der Waals surface area contributed by atoms with E-state index in [-0.39, 0.29) is 22.5 Å². The SMILES string of the molecule is Cc1c(C(=O)C(C(=O)c2cc(F)cc(F)c2)=C2Nc3ccccc3N2)cccc1[C@@H](O)CO. The van der Waals surface area contributed by atoms with Gasteiger partial charge in [-0.2, -0.15) is 0 Å². The molecule has 0 fully saturated rings. The summed E-state index contributed by atoms with van der Waals surface area (Å²) >= 11 is 0. The van der Waals surface area contributed by atoms with Gasteiger partial charge >= 0.3 is 0 Å². The summed E-state index contributed by atoms with van der Waals surface area (Å²) in [4.78, 5) is 27.1. The number of aliphatic hydroxyl groups is 2. The van der Waals surface area contributed by atoms with Gasteiger partial charge in [-0.15, -0.1) is 0 Å². The summed E-state index contributed by atoms with van der Waals surface area (Å²) in [6.07, 6.45) is -1.21. The Morgan fingerprint density at radius 2 is 1.52 bits per heavy atom. The normalized spacial score (nSPS) is 13.1. The molecule has 1 heterocycles. The quantitative estimate of drug-likeness (QED) is 0.195. The van der Waals surface area contributed by atoms with E-state index in [4.69, 9.17) is 0 Å². The van der Waals surface area contributed by atoms with E-state index in [2.05, 4.69) is 10.6 Å². The highest BCUT2D eigenvalue weighted by atomic mass is 19.1. The van der Waals surface area contributed by atoms with E-state index in [1.54, 1.807) is 37.3 Å². The molecule has 4 rings (SSSR count). The van der Waals surface area contributed by atoms with Gasteiger partial charge in [-0.05, 0) is 42.3 Å². The molecular formula is C25H20F2N2O4. The van der Waals surface area contributed by atoms with Crippen LogP contribution in [0.1, 0.15) is 37.9 Å². The molecule has 0 saturated heterocycles. The molecule has 8 heteroatoms. The Hall–Kier alpha value is -3.88. The number of rotatable bonds is 6. The highest BCUT2D eigenvalue weighted by Gasteiger charge is 2.31. The van der Waals surface area contributed by atoms with Crippen LogP contribution in [0.3, 0.4) is 0 Å². The Morgan fingerprint density at radius 3 is 2.09 bits per heavy atom. The number of Topliss-reactive ketones (excluding diaryl/α,β-unsaturated/α-hetero) is 2. The molecule has 0 aromatic heterocycles. The van der Waals surface area contributed by atoms with Gasteiger partial charge in [0.05, 0.1) is 18.0 Å². The molecule has 168 valence electrons. The van der Waals surface area contributed by atoms with Gasteiger partial charge in [0.15, 0.2) is 0 Å². The van der Waals surface area contributed by atoms with E-state index in [1.165, 1.54) is 12.1 Å². The first kappa shape index (κ1) is 22.3.